The van der Waals surface area contributed by atoms with E-state index >= 15 is 0 Å². The van der Waals surface area contributed by atoms with Crippen LogP contribution in [-0.4, -0.2) is 31.1 Å². The molecule has 3 heteroatoms. The smallest absolute Gasteiger partial charge is 0.123 e. The third-order valence-corrected chi connectivity index (χ3v) is 2.71. The van der Waals surface area contributed by atoms with Crippen LogP contribution in [0, 0.1) is 12.3 Å². The van der Waals surface area contributed by atoms with Gasteiger partial charge >= 0.3 is 0 Å². The second kappa shape index (κ2) is 8.57. The van der Waals surface area contributed by atoms with Gasteiger partial charge < -0.3 is 10.5 Å². The van der Waals surface area contributed by atoms with Crippen molar-refractivity contribution in [2.75, 3.05) is 26.2 Å². The van der Waals surface area contributed by atoms with Crippen molar-refractivity contribution in [3.8, 4) is 18.1 Å². The number of terminal acetylenes is 1. The van der Waals surface area contributed by atoms with Gasteiger partial charge in [-0.2, -0.15) is 0 Å². The minimum Gasteiger partial charge on any atom is -0.492 e. The van der Waals surface area contributed by atoms with Crippen LogP contribution in [-0.2, 0) is 6.54 Å². The molecule has 0 aliphatic rings. The van der Waals surface area contributed by atoms with Crippen molar-refractivity contribution in [3.05, 3.63) is 29.8 Å². The van der Waals surface area contributed by atoms with E-state index in [1.165, 1.54) is 0 Å². The van der Waals surface area contributed by atoms with Crippen molar-refractivity contribution in [2.45, 2.75) is 19.9 Å². The summed E-state index contributed by atoms with van der Waals surface area (Å²) in [7, 11) is 0. The maximum atomic E-state index is 5.76. The Morgan fingerprint density at radius 2 is 2.11 bits per heavy atom. The number of nitrogens with two attached hydrogens (primary N) is 1. The maximum absolute atomic E-state index is 5.76. The molecule has 0 fully saturated rings. The molecule has 1 aromatic rings. The Morgan fingerprint density at radius 1 is 1.33 bits per heavy atom. The van der Waals surface area contributed by atoms with Gasteiger partial charge in [-0.25, -0.2) is 0 Å². The van der Waals surface area contributed by atoms with Gasteiger partial charge in [0.25, 0.3) is 0 Å². The van der Waals surface area contributed by atoms with Gasteiger partial charge in [0.1, 0.15) is 12.4 Å². The van der Waals surface area contributed by atoms with Gasteiger partial charge in [0.2, 0.25) is 0 Å². The first kappa shape index (κ1) is 14.6. The first-order valence-electron chi connectivity index (χ1n) is 6.38. The Labute approximate surface area is 110 Å². The zero-order chi connectivity index (χ0) is 13.2. The quantitative estimate of drug-likeness (QED) is 0.712. The third kappa shape index (κ3) is 4.79. The molecule has 1 rings (SSSR count). The highest BCUT2D eigenvalue weighted by molar-refractivity contribution is 5.32. The molecule has 98 valence electrons. The topological polar surface area (TPSA) is 38.5 Å². The van der Waals surface area contributed by atoms with Crippen molar-refractivity contribution in [1.29, 1.82) is 0 Å². The Morgan fingerprint density at radius 3 is 2.78 bits per heavy atom. The molecular weight excluding hydrogens is 224 g/mol. The lowest BCUT2D eigenvalue weighted by Crippen LogP contribution is -2.29. The summed E-state index contributed by atoms with van der Waals surface area (Å²) in [5.74, 6) is 3.55. The zero-order valence-electron chi connectivity index (χ0n) is 11.1. The average molecular weight is 246 g/mol. The molecule has 0 aromatic heterocycles. The van der Waals surface area contributed by atoms with Gasteiger partial charge in [-0.1, -0.05) is 31.0 Å². The molecule has 3 nitrogen and oxygen atoms in total. The fraction of sp³-hybridized carbons (Fsp3) is 0.467. The Kier molecular flexibility index (Phi) is 6.93. The summed E-state index contributed by atoms with van der Waals surface area (Å²) in [4.78, 5) is 2.21. The van der Waals surface area contributed by atoms with Gasteiger partial charge in [-0.3, -0.25) is 4.90 Å². The molecule has 0 aliphatic heterocycles. The highest BCUT2D eigenvalue weighted by Crippen LogP contribution is 2.16. The van der Waals surface area contributed by atoms with Crippen LogP contribution < -0.4 is 10.5 Å². The number of rotatable bonds is 8. The Balaban J connectivity index is 2.42. The van der Waals surface area contributed by atoms with Crippen LogP contribution in [0.1, 0.15) is 18.9 Å². The third-order valence-electron chi connectivity index (χ3n) is 2.71. The molecule has 18 heavy (non-hydrogen) atoms. The van der Waals surface area contributed by atoms with E-state index in [9.17, 15) is 0 Å². The van der Waals surface area contributed by atoms with E-state index in [1.54, 1.807) is 0 Å². The standard InChI is InChI=1S/C15H22N2O/c1-3-9-17(10-4-2)11-12-18-15-8-6-5-7-14(15)13-16/h1,5-8H,4,9-13,16H2,2H3. The number of para-hydroxylation sites is 1. The summed E-state index contributed by atoms with van der Waals surface area (Å²) < 4.78 is 5.76. The van der Waals surface area contributed by atoms with Crippen LogP contribution in [0.4, 0.5) is 0 Å². The molecule has 0 bridgehead atoms. The number of nitrogens with zero attached hydrogens (tertiary/aromatic N) is 1. The minimum absolute atomic E-state index is 0.499. The lowest BCUT2D eigenvalue weighted by atomic mass is 10.2. The van der Waals surface area contributed by atoms with E-state index in [1.807, 2.05) is 24.3 Å². The normalized spacial score (nSPS) is 10.3. The maximum Gasteiger partial charge on any atom is 0.123 e. The van der Waals surface area contributed by atoms with E-state index in [2.05, 4.69) is 17.7 Å². The summed E-state index contributed by atoms with van der Waals surface area (Å²) in [6.07, 6.45) is 6.44. The molecule has 0 saturated carbocycles. The van der Waals surface area contributed by atoms with Crippen LogP contribution in [0.2, 0.25) is 0 Å². The molecule has 0 radical (unpaired) electrons. The van der Waals surface area contributed by atoms with Crippen LogP contribution in [0.3, 0.4) is 0 Å². The molecule has 0 heterocycles. The van der Waals surface area contributed by atoms with Crippen molar-refractivity contribution in [2.24, 2.45) is 5.73 Å². The number of ether oxygens (including phenoxy) is 1. The number of benzene rings is 1. The lowest BCUT2D eigenvalue weighted by Gasteiger charge is -2.19. The molecule has 0 saturated heterocycles. The first-order valence-corrected chi connectivity index (χ1v) is 6.38. The molecule has 0 spiro atoms. The van der Waals surface area contributed by atoms with Crippen LogP contribution in [0.15, 0.2) is 24.3 Å². The molecular formula is C15H22N2O. The molecule has 0 amide bonds. The molecule has 2 N–H and O–H groups in total. The largest absolute Gasteiger partial charge is 0.492 e. The van der Waals surface area contributed by atoms with E-state index in [0.29, 0.717) is 19.7 Å². The molecule has 1 aromatic carbocycles. The van der Waals surface area contributed by atoms with Gasteiger partial charge in [0.05, 0.1) is 6.54 Å². The highest BCUT2D eigenvalue weighted by atomic mass is 16.5. The van der Waals surface area contributed by atoms with Crippen molar-refractivity contribution in [1.82, 2.24) is 4.90 Å². The van der Waals surface area contributed by atoms with E-state index < -0.39 is 0 Å². The second-order valence-corrected chi connectivity index (χ2v) is 4.14. The van der Waals surface area contributed by atoms with E-state index in [0.717, 1.165) is 30.8 Å². The highest BCUT2D eigenvalue weighted by Gasteiger charge is 2.04. The number of hydrogen-bond donors (Lipinski definition) is 1. The molecule has 0 aliphatic carbocycles. The average Bonchev–Trinajstić information content (AvgIpc) is 2.40. The second-order valence-electron chi connectivity index (χ2n) is 4.14. The SMILES string of the molecule is C#CCN(CCC)CCOc1ccccc1CN. The Hall–Kier alpha value is -1.50. The summed E-state index contributed by atoms with van der Waals surface area (Å²) in [5, 5.41) is 0. The summed E-state index contributed by atoms with van der Waals surface area (Å²) in [6, 6.07) is 7.87. The van der Waals surface area contributed by atoms with Crippen molar-refractivity contribution < 1.29 is 4.74 Å². The fourth-order valence-electron chi connectivity index (χ4n) is 1.81. The van der Waals surface area contributed by atoms with Crippen LogP contribution in [0.5, 0.6) is 5.75 Å². The van der Waals surface area contributed by atoms with Gasteiger partial charge in [-0.05, 0) is 19.0 Å². The summed E-state index contributed by atoms with van der Waals surface area (Å²) >= 11 is 0. The van der Waals surface area contributed by atoms with Gasteiger partial charge in [-0.15, -0.1) is 6.42 Å². The summed E-state index contributed by atoms with van der Waals surface area (Å²) in [5.41, 5.74) is 6.70. The fourth-order valence-corrected chi connectivity index (χ4v) is 1.81. The molecule has 0 atom stereocenters. The van der Waals surface area contributed by atoms with E-state index in [-0.39, 0.29) is 0 Å². The predicted molar refractivity (Wildman–Crippen MR) is 75.4 cm³/mol. The van der Waals surface area contributed by atoms with Gasteiger partial charge in [0, 0.05) is 18.7 Å². The van der Waals surface area contributed by atoms with Crippen LogP contribution >= 0.6 is 0 Å². The number of hydrogen-bond acceptors (Lipinski definition) is 3. The lowest BCUT2D eigenvalue weighted by molar-refractivity contribution is 0.224. The van der Waals surface area contributed by atoms with Crippen LogP contribution in [0.25, 0.3) is 0 Å². The van der Waals surface area contributed by atoms with E-state index in [4.69, 9.17) is 16.9 Å². The zero-order valence-corrected chi connectivity index (χ0v) is 11.1. The Bertz CT molecular complexity index is 384. The minimum atomic E-state index is 0.499. The van der Waals surface area contributed by atoms with Crippen molar-refractivity contribution in [3.63, 3.8) is 0 Å². The predicted octanol–water partition coefficient (Wildman–Crippen LogP) is 1.87. The van der Waals surface area contributed by atoms with Crippen molar-refractivity contribution >= 4 is 0 Å². The summed E-state index contributed by atoms with van der Waals surface area (Å²) in [6.45, 7) is 5.81. The monoisotopic (exact) mass is 246 g/mol. The van der Waals surface area contributed by atoms with Gasteiger partial charge in [0.15, 0.2) is 0 Å². The first-order chi connectivity index (χ1) is 8.81. The molecule has 0 unspecified atom stereocenters.